The van der Waals surface area contributed by atoms with Crippen LogP contribution >= 0.6 is 0 Å². The zero-order chi connectivity index (χ0) is 27.5. The molecule has 1 N–H and O–H groups in total. The molecule has 0 aliphatic heterocycles. The lowest BCUT2D eigenvalue weighted by Crippen LogP contribution is -2.23. The van der Waals surface area contributed by atoms with Gasteiger partial charge in [0.1, 0.15) is 17.2 Å². The fourth-order valence-electron chi connectivity index (χ4n) is 5.10. The molecule has 40 heavy (non-hydrogen) atoms. The molecule has 6 nitrogen and oxygen atoms in total. The van der Waals surface area contributed by atoms with Crippen LogP contribution in [0.15, 0.2) is 102 Å². The second-order valence-corrected chi connectivity index (χ2v) is 10.2. The first kappa shape index (κ1) is 25.6. The summed E-state index contributed by atoms with van der Waals surface area (Å²) in [6.07, 6.45) is 2.46. The average molecular weight is 530 g/mol. The number of carbonyl (C=O) groups is 1. The topological polar surface area (TPSA) is 77.2 Å². The maximum Gasteiger partial charge on any atom is 0.316 e. The van der Waals surface area contributed by atoms with Gasteiger partial charge in [0.15, 0.2) is 5.76 Å². The van der Waals surface area contributed by atoms with Gasteiger partial charge in [-0.2, -0.15) is 0 Å². The van der Waals surface area contributed by atoms with E-state index in [2.05, 4.69) is 46.9 Å². The summed E-state index contributed by atoms with van der Waals surface area (Å²) in [5.41, 5.74) is 7.42. The molecule has 1 aliphatic carbocycles. The number of benzene rings is 3. The molecule has 1 aliphatic rings. The van der Waals surface area contributed by atoms with Crippen LogP contribution in [0.1, 0.15) is 42.3 Å². The predicted molar refractivity (Wildman–Crippen MR) is 156 cm³/mol. The molecule has 0 amide bonds. The first-order chi connectivity index (χ1) is 19.6. The van der Waals surface area contributed by atoms with Crippen molar-refractivity contribution in [3.63, 3.8) is 0 Å². The highest BCUT2D eigenvalue weighted by Gasteiger charge is 2.52. The molecule has 6 rings (SSSR count). The van der Waals surface area contributed by atoms with Crippen molar-refractivity contribution in [1.29, 1.82) is 0 Å². The Morgan fingerprint density at radius 1 is 0.875 bits per heavy atom. The Labute approximate surface area is 234 Å². The van der Waals surface area contributed by atoms with Crippen LogP contribution in [0, 0.1) is 6.92 Å². The van der Waals surface area contributed by atoms with Crippen molar-refractivity contribution < 1.29 is 14.1 Å². The standard InChI is InChI=1S/C34H31N3O3/c1-3-39-33(38)34(20-21-34)28-18-16-26(17-19-28)25-12-14-27(15-13-25)32-31(23(2)37-40-32)36-30-11-7-10-29(35-30)22-24-8-5-4-6-9-24/h4-19H,3,20-22H2,1-2H3,(H,35,36). The van der Waals surface area contributed by atoms with E-state index in [-0.39, 0.29) is 5.97 Å². The van der Waals surface area contributed by atoms with Gasteiger partial charge in [0.25, 0.3) is 0 Å². The lowest BCUT2D eigenvalue weighted by Gasteiger charge is -2.14. The number of hydrogen-bond donors (Lipinski definition) is 1. The highest BCUT2D eigenvalue weighted by atomic mass is 16.5. The van der Waals surface area contributed by atoms with Crippen molar-refractivity contribution in [1.82, 2.24) is 10.1 Å². The quantitative estimate of drug-likeness (QED) is 0.198. The van der Waals surface area contributed by atoms with Crippen molar-refractivity contribution >= 4 is 17.5 Å². The van der Waals surface area contributed by atoms with Crippen LogP contribution in [0.4, 0.5) is 11.5 Å². The number of anilines is 2. The summed E-state index contributed by atoms with van der Waals surface area (Å²) >= 11 is 0. The molecule has 0 saturated heterocycles. The third-order valence-corrected chi connectivity index (χ3v) is 7.48. The van der Waals surface area contributed by atoms with Crippen molar-refractivity contribution in [2.75, 3.05) is 11.9 Å². The van der Waals surface area contributed by atoms with E-state index in [1.807, 2.05) is 74.5 Å². The van der Waals surface area contributed by atoms with Gasteiger partial charge in [0.2, 0.25) is 0 Å². The van der Waals surface area contributed by atoms with Gasteiger partial charge in [-0.25, -0.2) is 4.98 Å². The predicted octanol–water partition coefficient (Wildman–Crippen LogP) is 7.64. The number of aromatic nitrogens is 2. The molecule has 5 aromatic rings. The van der Waals surface area contributed by atoms with Gasteiger partial charge < -0.3 is 14.6 Å². The summed E-state index contributed by atoms with van der Waals surface area (Å²) in [6, 6.07) is 32.8. The Bertz CT molecular complexity index is 1620. The Hall–Kier alpha value is -4.71. The number of rotatable bonds is 9. The van der Waals surface area contributed by atoms with Crippen molar-refractivity contribution in [3.05, 3.63) is 120 Å². The first-order valence-corrected chi connectivity index (χ1v) is 13.7. The van der Waals surface area contributed by atoms with Crippen LogP contribution in [-0.2, 0) is 21.4 Å². The molecule has 0 bridgehead atoms. The molecule has 200 valence electrons. The van der Waals surface area contributed by atoms with Gasteiger partial charge in [-0.3, -0.25) is 4.79 Å². The van der Waals surface area contributed by atoms with Gasteiger partial charge in [-0.1, -0.05) is 90.1 Å². The van der Waals surface area contributed by atoms with Crippen molar-refractivity contribution in [2.24, 2.45) is 0 Å². The maximum absolute atomic E-state index is 12.4. The lowest BCUT2D eigenvalue weighted by atomic mass is 9.93. The highest BCUT2D eigenvalue weighted by Crippen LogP contribution is 2.49. The summed E-state index contributed by atoms with van der Waals surface area (Å²) in [4.78, 5) is 17.3. The Morgan fingerprint density at radius 3 is 2.23 bits per heavy atom. The zero-order valence-electron chi connectivity index (χ0n) is 22.7. The fourth-order valence-corrected chi connectivity index (χ4v) is 5.10. The minimum atomic E-state index is -0.456. The van der Waals surface area contributed by atoms with Crippen molar-refractivity contribution in [2.45, 2.75) is 38.5 Å². The van der Waals surface area contributed by atoms with Gasteiger partial charge in [0, 0.05) is 17.7 Å². The number of ether oxygens (including phenoxy) is 1. The van der Waals surface area contributed by atoms with Crippen LogP contribution in [0.25, 0.3) is 22.5 Å². The summed E-state index contributed by atoms with van der Waals surface area (Å²) in [5, 5.41) is 7.65. The zero-order valence-corrected chi connectivity index (χ0v) is 22.7. The first-order valence-electron chi connectivity index (χ1n) is 13.7. The van der Waals surface area contributed by atoms with E-state index in [0.717, 1.165) is 64.4 Å². The molecule has 2 heterocycles. The summed E-state index contributed by atoms with van der Waals surface area (Å²) < 4.78 is 11.1. The third kappa shape index (κ3) is 5.13. The molecule has 1 fully saturated rings. The lowest BCUT2D eigenvalue weighted by molar-refractivity contribution is -0.146. The van der Waals surface area contributed by atoms with E-state index < -0.39 is 5.41 Å². The molecule has 6 heteroatoms. The molecular formula is C34H31N3O3. The maximum atomic E-state index is 12.4. The Morgan fingerprint density at radius 2 is 1.55 bits per heavy atom. The number of pyridine rings is 1. The molecule has 1 saturated carbocycles. The van der Waals surface area contributed by atoms with Crippen LogP contribution in [0.5, 0.6) is 0 Å². The van der Waals surface area contributed by atoms with Gasteiger partial charge >= 0.3 is 5.97 Å². The molecule has 3 aromatic carbocycles. The number of hydrogen-bond acceptors (Lipinski definition) is 6. The summed E-state index contributed by atoms with van der Waals surface area (Å²) in [6.45, 7) is 4.17. The van der Waals surface area contributed by atoms with Gasteiger partial charge in [0.05, 0.1) is 12.0 Å². The van der Waals surface area contributed by atoms with Crippen LogP contribution < -0.4 is 5.32 Å². The van der Waals surface area contributed by atoms with E-state index in [1.54, 1.807) is 0 Å². The third-order valence-electron chi connectivity index (χ3n) is 7.48. The summed E-state index contributed by atoms with van der Waals surface area (Å²) in [5.74, 6) is 1.30. The SMILES string of the molecule is CCOC(=O)C1(c2ccc(-c3ccc(-c4onc(C)c4Nc4cccc(Cc5ccccc5)n4)cc3)cc2)CC1. The van der Waals surface area contributed by atoms with Crippen LogP contribution in [-0.4, -0.2) is 22.7 Å². The van der Waals surface area contributed by atoms with E-state index in [4.69, 9.17) is 14.2 Å². The molecule has 0 unspecified atom stereocenters. The second kappa shape index (κ2) is 10.8. The number of nitrogens with one attached hydrogen (secondary N) is 1. The molecule has 0 atom stereocenters. The van der Waals surface area contributed by atoms with Crippen molar-refractivity contribution in [3.8, 4) is 22.5 Å². The number of carbonyl (C=O) groups excluding carboxylic acids is 1. The van der Waals surface area contributed by atoms with E-state index in [0.29, 0.717) is 12.4 Å². The van der Waals surface area contributed by atoms with Crippen LogP contribution in [0.3, 0.4) is 0 Å². The average Bonchev–Trinajstić information content (AvgIpc) is 3.73. The highest BCUT2D eigenvalue weighted by molar-refractivity contribution is 5.87. The van der Waals surface area contributed by atoms with Gasteiger partial charge in [-0.05, 0) is 61.1 Å². The van der Waals surface area contributed by atoms with Crippen LogP contribution in [0.2, 0.25) is 0 Å². The van der Waals surface area contributed by atoms with Gasteiger partial charge in [-0.15, -0.1) is 0 Å². The van der Waals surface area contributed by atoms with E-state index in [9.17, 15) is 4.79 Å². The number of esters is 1. The monoisotopic (exact) mass is 529 g/mol. The van der Waals surface area contributed by atoms with E-state index in [1.165, 1.54) is 5.56 Å². The largest absolute Gasteiger partial charge is 0.465 e. The number of nitrogens with zero attached hydrogens (tertiary/aromatic N) is 2. The van der Waals surface area contributed by atoms with E-state index >= 15 is 0 Å². The number of aryl methyl sites for hydroxylation is 1. The Kier molecular flexibility index (Phi) is 6.91. The Balaban J connectivity index is 1.19. The normalized spacial score (nSPS) is 13.6. The second-order valence-electron chi connectivity index (χ2n) is 10.2. The molecule has 0 spiro atoms. The molecule has 2 aromatic heterocycles. The minimum Gasteiger partial charge on any atom is -0.465 e. The smallest absolute Gasteiger partial charge is 0.316 e. The minimum absolute atomic E-state index is 0.114. The molecule has 0 radical (unpaired) electrons. The summed E-state index contributed by atoms with van der Waals surface area (Å²) in [7, 11) is 0. The molecular weight excluding hydrogens is 498 g/mol. The fraction of sp³-hybridized carbons (Fsp3) is 0.206.